The van der Waals surface area contributed by atoms with Gasteiger partial charge in [-0.3, -0.25) is 4.79 Å². The second-order valence-electron chi connectivity index (χ2n) is 4.57. The number of amides is 1. The summed E-state index contributed by atoms with van der Waals surface area (Å²) in [4.78, 5) is 11.8. The van der Waals surface area contributed by atoms with Gasteiger partial charge in [0.2, 0.25) is 0 Å². The largest absolute Gasteiger partial charge is 0.477 e. The minimum Gasteiger partial charge on any atom is -0.477 e. The number of carbonyl (C=O) groups excluding carboxylic acids is 1. The van der Waals surface area contributed by atoms with E-state index in [-0.39, 0.29) is 24.2 Å². The zero-order valence-corrected chi connectivity index (χ0v) is 10.1. The van der Waals surface area contributed by atoms with Crippen LogP contribution in [0.3, 0.4) is 0 Å². The standard InChI is InChI=1S/C13H16FNO3/c1-8(7-16)6-15-13(17)11-5-9-3-2-4-10(14)12(9)18-11/h2-4,8,11,16H,5-7H2,1H3,(H,15,17). The highest BCUT2D eigenvalue weighted by Gasteiger charge is 2.30. The van der Waals surface area contributed by atoms with Gasteiger partial charge < -0.3 is 15.2 Å². The van der Waals surface area contributed by atoms with Gasteiger partial charge in [0, 0.05) is 25.1 Å². The quantitative estimate of drug-likeness (QED) is 0.837. The lowest BCUT2D eigenvalue weighted by Crippen LogP contribution is -2.39. The van der Waals surface area contributed by atoms with E-state index < -0.39 is 11.9 Å². The number of benzene rings is 1. The lowest BCUT2D eigenvalue weighted by Gasteiger charge is -2.13. The number of aliphatic hydroxyl groups excluding tert-OH is 1. The van der Waals surface area contributed by atoms with Crippen LogP contribution >= 0.6 is 0 Å². The Morgan fingerprint density at radius 2 is 2.44 bits per heavy atom. The van der Waals surface area contributed by atoms with Crippen LogP contribution in [0.1, 0.15) is 12.5 Å². The molecule has 0 saturated heterocycles. The second-order valence-corrected chi connectivity index (χ2v) is 4.57. The maximum Gasteiger partial charge on any atom is 0.261 e. The fourth-order valence-corrected chi connectivity index (χ4v) is 1.83. The van der Waals surface area contributed by atoms with Crippen LogP contribution in [0.4, 0.5) is 4.39 Å². The van der Waals surface area contributed by atoms with Gasteiger partial charge in [-0.25, -0.2) is 4.39 Å². The average molecular weight is 253 g/mol. The van der Waals surface area contributed by atoms with Crippen LogP contribution in [0, 0.1) is 11.7 Å². The molecule has 2 rings (SSSR count). The van der Waals surface area contributed by atoms with Crippen LogP contribution in [0.25, 0.3) is 0 Å². The Bertz CT molecular complexity index is 450. The molecule has 5 heteroatoms. The van der Waals surface area contributed by atoms with E-state index in [1.165, 1.54) is 6.07 Å². The lowest BCUT2D eigenvalue weighted by atomic mass is 10.1. The molecular weight excluding hydrogens is 237 g/mol. The molecule has 0 aliphatic carbocycles. The molecule has 0 spiro atoms. The van der Waals surface area contributed by atoms with E-state index in [1.807, 2.05) is 6.92 Å². The molecule has 1 amide bonds. The van der Waals surface area contributed by atoms with Crippen LogP contribution in [0.5, 0.6) is 5.75 Å². The topological polar surface area (TPSA) is 58.6 Å². The third-order valence-electron chi connectivity index (χ3n) is 2.94. The molecular formula is C13H16FNO3. The molecule has 2 atom stereocenters. The first-order chi connectivity index (χ1) is 8.61. The van der Waals surface area contributed by atoms with Crippen LogP contribution in [0.2, 0.25) is 0 Å². The zero-order valence-electron chi connectivity index (χ0n) is 10.1. The van der Waals surface area contributed by atoms with Gasteiger partial charge in [0.15, 0.2) is 17.7 Å². The Morgan fingerprint density at radius 1 is 1.67 bits per heavy atom. The average Bonchev–Trinajstić information content (AvgIpc) is 2.81. The monoisotopic (exact) mass is 253 g/mol. The maximum absolute atomic E-state index is 13.4. The minimum atomic E-state index is -0.678. The van der Waals surface area contributed by atoms with Crippen molar-refractivity contribution >= 4 is 5.91 Å². The predicted molar refractivity (Wildman–Crippen MR) is 63.8 cm³/mol. The van der Waals surface area contributed by atoms with Crippen molar-refractivity contribution in [3.05, 3.63) is 29.6 Å². The summed E-state index contributed by atoms with van der Waals surface area (Å²) in [7, 11) is 0. The van der Waals surface area contributed by atoms with Gasteiger partial charge in [-0.2, -0.15) is 0 Å². The molecule has 4 nitrogen and oxygen atoms in total. The summed E-state index contributed by atoms with van der Waals surface area (Å²) in [6, 6.07) is 4.67. The van der Waals surface area contributed by atoms with Crippen LogP contribution in [0.15, 0.2) is 18.2 Å². The van der Waals surface area contributed by atoms with E-state index in [9.17, 15) is 9.18 Å². The Labute approximate surface area is 105 Å². The van der Waals surface area contributed by atoms with E-state index in [0.29, 0.717) is 18.5 Å². The summed E-state index contributed by atoms with van der Waals surface area (Å²) in [5.41, 5.74) is 0.713. The molecule has 1 aromatic carbocycles. The molecule has 2 unspecified atom stereocenters. The normalized spacial score (nSPS) is 18.9. The van der Waals surface area contributed by atoms with Gasteiger partial charge in [0.05, 0.1) is 0 Å². The molecule has 0 fully saturated rings. The predicted octanol–water partition coefficient (Wildman–Crippen LogP) is 0.874. The number of ether oxygens (including phenoxy) is 1. The van der Waals surface area contributed by atoms with Gasteiger partial charge in [0.25, 0.3) is 5.91 Å². The van der Waals surface area contributed by atoms with Crippen molar-refractivity contribution in [3.8, 4) is 5.75 Å². The zero-order chi connectivity index (χ0) is 13.1. The molecule has 1 aliphatic heterocycles. The number of halogens is 1. The minimum absolute atomic E-state index is 0.00513. The molecule has 1 aromatic rings. The lowest BCUT2D eigenvalue weighted by molar-refractivity contribution is -0.127. The molecule has 0 bridgehead atoms. The first kappa shape index (κ1) is 12.8. The van der Waals surface area contributed by atoms with Crippen molar-refractivity contribution < 1.29 is 19.0 Å². The summed E-state index contributed by atoms with van der Waals surface area (Å²) in [5.74, 6) is -0.542. The fourth-order valence-electron chi connectivity index (χ4n) is 1.83. The first-order valence-corrected chi connectivity index (χ1v) is 5.94. The van der Waals surface area contributed by atoms with E-state index >= 15 is 0 Å². The van der Waals surface area contributed by atoms with Gasteiger partial charge in [-0.15, -0.1) is 0 Å². The second kappa shape index (κ2) is 5.35. The van der Waals surface area contributed by atoms with Crippen molar-refractivity contribution in [3.63, 3.8) is 0 Å². The third-order valence-corrected chi connectivity index (χ3v) is 2.94. The maximum atomic E-state index is 13.4. The number of fused-ring (bicyclic) bond motifs is 1. The number of hydrogen-bond donors (Lipinski definition) is 2. The van der Waals surface area contributed by atoms with Crippen molar-refractivity contribution in [2.24, 2.45) is 5.92 Å². The molecule has 98 valence electrons. The highest BCUT2D eigenvalue weighted by molar-refractivity contribution is 5.82. The Hall–Kier alpha value is -1.62. The van der Waals surface area contributed by atoms with Gasteiger partial charge in [0.1, 0.15) is 0 Å². The summed E-state index contributed by atoms with van der Waals surface area (Å²) in [6.07, 6.45) is -0.297. The molecule has 0 radical (unpaired) electrons. The molecule has 0 aromatic heterocycles. The highest BCUT2D eigenvalue weighted by atomic mass is 19.1. The van der Waals surface area contributed by atoms with Crippen LogP contribution in [-0.4, -0.2) is 30.3 Å². The van der Waals surface area contributed by atoms with Crippen molar-refractivity contribution in [1.82, 2.24) is 5.32 Å². The van der Waals surface area contributed by atoms with E-state index in [1.54, 1.807) is 12.1 Å². The number of carbonyl (C=O) groups is 1. The fraction of sp³-hybridized carbons (Fsp3) is 0.462. The molecule has 18 heavy (non-hydrogen) atoms. The summed E-state index contributed by atoms with van der Waals surface area (Å²) in [6.45, 7) is 2.22. The molecule has 2 N–H and O–H groups in total. The number of rotatable bonds is 4. The number of para-hydroxylation sites is 1. The third kappa shape index (κ3) is 2.61. The number of hydrogen-bond acceptors (Lipinski definition) is 3. The van der Waals surface area contributed by atoms with Gasteiger partial charge >= 0.3 is 0 Å². The van der Waals surface area contributed by atoms with Gasteiger partial charge in [-0.1, -0.05) is 19.1 Å². The summed E-state index contributed by atoms with van der Waals surface area (Å²) < 4.78 is 18.7. The Kier molecular flexibility index (Phi) is 3.81. The summed E-state index contributed by atoms with van der Waals surface area (Å²) >= 11 is 0. The molecule has 1 aliphatic rings. The van der Waals surface area contributed by atoms with Crippen LogP contribution in [-0.2, 0) is 11.2 Å². The van der Waals surface area contributed by atoms with E-state index in [0.717, 1.165) is 0 Å². The smallest absolute Gasteiger partial charge is 0.261 e. The Morgan fingerprint density at radius 3 is 3.11 bits per heavy atom. The van der Waals surface area contributed by atoms with E-state index in [4.69, 9.17) is 9.84 Å². The SMILES string of the molecule is CC(CO)CNC(=O)C1Cc2cccc(F)c2O1. The van der Waals surface area contributed by atoms with E-state index in [2.05, 4.69) is 5.32 Å². The van der Waals surface area contributed by atoms with Crippen molar-refractivity contribution in [2.75, 3.05) is 13.2 Å². The molecule has 0 saturated carbocycles. The summed E-state index contributed by atoms with van der Waals surface area (Å²) in [5, 5.41) is 11.5. The Balaban J connectivity index is 1.94. The molecule has 1 heterocycles. The first-order valence-electron chi connectivity index (χ1n) is 5.94. The van der Waals surface area contributed by atoms with Crippen LogP contribution < -0.4 is 10.1 Å². The highest BCUT2D eigenvalue weighted by Crippen LogP contribution is 2.31. The van der Waals surface area contributed by atoms with Gasteiger partial charge in [-0.05, 0) is 12.0 Å². The van der Waals surface area contributed by atoms with Crippen molar-refractivity contribution in [2.45, 2.75) is 19.4 Å². The number of aliphatic hydroxyl groups is 1. The number of nitrogens with one attached hydrogen (secondary N) is 1. The van der Waals surface area contributed by atoms with Crippen molar-refractivity contribution in [1.29, 1.82) is 0 Å².